The quantitative estimate of drug-likeness (QED) is 0.571. The molecular weight excluding hydrogens is 407 g/mol. The maximum atomic E-state index is 13.2. The molecule has 6 nitrogen and oxygen atoms in total. The summed E-state index contributed by atoms with van der Waals surface area (Å²) in [6.07, 6.45) is 1.95. The molecule has 0 amide bonds. The summed E-state index contributed by atoms with van der Waals surface area (Å²) < 4.78 is 24.3. The van der Waals surface area contributed by atoms with Crippen molar-refractivity contribution in [1.82, 2.24) is 10.2 Å². The van der Waals surface area contributed by atoms with Crippen molar-refractivity contribution in [1.29, 1.82) is 0 Å². The lowest BCUT2D eigenvalue weighted by Crippen LogP contribution is -2.55. The number of aliphatic imine (C=N–C) groups is 1. The number of piperazine rings is 1. The van der Waals surface area contributed by atoms with E-state index in [2.05, 4.69) is 32.2 Å². The molecule has 0 unspecified atom stereocenters. The summed E-state index contributed by atoms with van der Waals surface area (Å²) in [5.74, 6) is 1.61. The summed E-state index contributed by atoms with van der Waals surface area (Å²) >= 11 is 0. The van der Waals surface area contributed by atoms with Crippen LogP contribution in [-0.2, 0) is 10.2 Å². The fourth-order valence-corrected chi connectivity index (χ4v) is 4.68. The number of anilines is 1. The molecule has 7 heteroatoms. The van der Waals surface area contributed by atoms with Gasteiger partial charge < -0.3 is 24.6 Å². The van der Waals surface area contributed by atoms with E-state index in [4.69, 9.17) is 9.47 Å². The largest absolute Gasteiger partial charge is 0.497 e. The third-order valence-corrected chi connectivity index (χ3v) is 6.72. The van der Waals surface area contributed by atoms with Gasteiger partial charge in [0, 0.05) is 64.1 Å². The Labute approximate surface area is 190 Å². The second-order valence-corrected chi connectivity index (χ2v) is 8.47. The molecular formula is C25H33FN4O2. The first-order valence-electron chi connectivity index (χ1n) is 11.3. The minimum Gasteiger partial charge on any atom is -0.497 e. The van der Waals surface area contributed by atoms with Crippen molar-refractivity contribution in [2.75, 3.05) is 65.0 Å². The lowest BCUT2D eigenvalue weighted by Gasteiger charge is -2.41. The van der Waals surface area contributed by atoms with E-state index in [9.17, 15) is 4.39 Å². The molecule has 2 saturated heterocycles. The van der Waals surface area contributed by atoms with Crippen molar-refractivity contribution >= 4 is 11.6 Å². The molecule has 1 N–H and O–H groups in total. The van der Waals surface area contributed by atoms with Gasteiger partial charge in [-0.05, 0) is 54.8 Å². The second-order valence-electron chi connectivity index (χ2n) is 8.47. The van der Waals surface area contributed by atoms with E-state index < -0.39 is 0 Å². The number of methoxy groups -OCH3 is 1. The van der Waals surface area contributed by atoms with E-state index >= 15 is 0 Å². The zero-order valence-electron chi connectivity index (χ0n) is 19.0. The lowest BCUT2D eigenvalue weighted by molar-refractivity contribution is 0.0511. The number of nitrogens with zero attached hydrogens (tertiary/aromatic N) is 3. The molecule has 2 aromatic rings. The number of nitrogens with one attached hydrogen (secondary N) is 1. The molecule has 2 aromatic carbocycles. The standard InChI is InChI=1S/C25H33FN4O2/c1-27-24(30-15-13-29(14-16-30)22-7-5-21(26)6-8-22)28-19-25(11-17-32-18-12-25)20-3-9-23(31-2)10-4-20/h3-10H,11-19H2,1-2H3,(H,27,28). The van der Waals surface area contributed by atoms with Gasteiger partial charge in [-0.2, -0.15) is 0 Å². The predicted octanol–water partition coefficient (Wildman–Crippen LogP) is 3.28. The molecule has 0 radical (unpaired) electrons. The molecule has 32 heavy (non-hydrogen) atoms. The normalized spacial score (nSPS) is 19.0. The van der Waals surface area contributed by atoms with E-state index in [1.165, 1.54) is 17.7 Å². The Hall–Kier alpha value is -2.80. The summed E-state index contributed by atoms with van der Waals surface area (Å²) in [6, 6.07) is 15.2. The average Bonchev–Trinajstić information content (AvgIpc) is 2.86. The maximum absolute atomic E-state index is 13.2. The first kappa shape index (κ1) is 22.4. The van der Waals surface area contributed by atoms with Crippen LogP contribution in [0.3, 0.4) is 0 Å². The molecule has 0 bridgehead atoms. The Balaban J connectivity index is 1.39. The summed E-state index contributed by atoms with van der Waals surface area (Å²) in [5.41, 5.74) is 2.39. The first-order chi connectivity index (χ1) is 15.6. The van der Waals surface area contributed by atoms with Gasteiger partial charge in [-0.3, -0.25) is 4.99 Å². The van der Waals surface area contributed by atoms with Gasteiger partial charge in [-0.25, -0.2) is 4.39 Å². The van der Waals surface area contributed by atoms with Gasteiger partial charge in [0.2, 0.25) is 0 Å². The van der Waals surface area contributed by atoms with Gasteiger partial charge in [-0.15, -0.1) is 0 Å². The van der Waals surface area contributed by atoms with E-state index in [1.807, 2.05) is 31.3 Å². The second kappa shape index (κ2) is 10.2. The smallest absolute Gasteiger partial charge is 0.193 e. The van der Waals surface area contributed by atoms with Crippen molar-refractivity contribution in [3.8, 4) is 5.75 Å². The van der Waals surface area contributed by atoms with Crippen LogP contribution >= 0.6 is 0 Å². The molecule has 0 aliphatic carbocycles. The zero-order valence-corrected chi connectivity index (χ0v) is 19.0. The monoisotopic (exact) mass is 440 g/mol. The van der Waals surface area contributed by atoms with Gasteiger partial charge in [0.05, 0.1) is 7.11 Å². The Morgan fingerprint density at radius 1 is 1.03 bits per heavy atom. The Morgan fingerprint density at radius 2 is 1.69 bits per heavy atom. The summed E-state index contributed by atoms with van der Waals surface area (Å²) in [4.78, 5) is 9.17. The van der Waals surface area contributed by atoms with Crippen LogP contribution in [0.25, 0.3) is 0 Å². The zero-order chi connectivity index (χ0) is 22.4. The van der Waals surface area contributed by atoms with Gasteiger partial charge in [-0.1, -0.05) is 12.1 Å². The lowest BCUT2D eigenvalue weighted by atomic mass is 9.74. The average molecular weight is 441 g/mol. The van der Waals surface area contributed by atoms with Crippen LogP contribution < -0.4 is 15.0 Å². The highest BCUT2D eigenvalue weighted by atomic mass is 19.1. The van der Waals surface area contributed by atoms with Gasteiger partial charge in [0.25, 0.3) is 0 Å². The molecule has 0 atom stereocenters. The van der Waals surface area contributed by atoms with Crippen molar-refractivity contribution in [2.45, 2.75) is 18.3 Å². The van der Waals surface area contributed by atoms with Crippen molar-refractivity contribution in [3.63, 3.8) is 0 Å². The van der Waals surface area contributed by atoms with Crippen molar-refractivity contribution in [3.05, 3.63) is 59.9 Å². The Morgan fingerprint density at radius 3 is 2.28 bits per heavy atom. The number of hydrogen-bond donors (Lipinski definition) is 1. The van der Waals surface area contributed by atoms with E-state index in [0.29, 0.717) is 0 Å². The van der Waals surface area contributed by atoms with E-state index in [1.54, 1.807) is 7.11 Å². The molecule has 2 fully saturated rings. The van der Waals surface area contributed by atoms with Gasteiger partial charge in [0.15, 0.2) is 5.96 Å². The van der Waals surface area contributed by atoms with Crippen LogP contribution in [0.15, 0.2) is 53.5 Å². The van der Waals surface area contributed by atoms with Crippen molar-refractivity contribution < 1.29 is 13.9 Å². The number of benzene rings is 2. The molecule has 0 aromatic heterocycles. The first-order valence-corrected chi connectivity index (χ1v) is 11.3. The maximum Gasteiger partial charge on any atom is 0.193 e. The summed E-state index contributed by atoms with van der Waals surface area (Å²) in [7, 11) is 3.54. The number of ether oxygens (including phenoxy) is 2. The number of hydrogen-bond acceptors (Lipinski definition) is 4. The number of rotatable bonds is 5. The molecule has 2 aliphatic rings. The fourth-order valence-electron chi connectivity index (χ4n) is 4.68. The van der Waals surface area contributed by atoms with Gasteiger partial charge in [0.1, 0.15) is 11.6 Å². The summed E-state index contributed by atoms with van der Waals surface area (Å²) in [5, 5.41) is 3.66. The molecule has 0 spiro atoms. The minimum absolute atomic E-state index is 0.0103. The molecule has 172 valence electrons. The van der Waals surface area contributed by atoms with Crippen LogP contribution in [0.2, 0.25) is 0 Å². The van der Waals surface area contributed by atoms with Crippen LogP contribution in [-0.4, -0.2) is 71.0 Å². The van der Waals surface area contributed by atoms with Crippen LogP contribution in [0, 0.1) is 5.82 Å². The van der Waals surface area contributed by atoms with Gasteiger partial charge >= 0.3 is 0 Å². The third-order valence-electron chi connectivity index (χ3n) is 6.72. The highest BCUT2D eigenvalue weighted by Gasteiger charge is 2.35. The Bertz CT molecular complexity index is 887. The molecule has 2 aliphatic heterocycles. The third kappa shape index (κ3) is 4.99. The topological polar surface area (TPSA) is 49.3 Å². The molecule has 2 heterocycles. The van der Waals surface area contributed by atoms with Crippen LogP contribution in [0.4, 0.5) is 10.1 Å². The van der Waals surface area contributed by atoms with E-state index in [-0.39, 0.29) is 11.2 Å². The number of halogens is 1. The van der Waals surface area contributed by atoms with Crippen LogP contribution in [0.1, 0.15) is 18.4 Å². The van der Waals surface area contributed by atoms with Crippen LogP contribution in [0.5, 0.6) is 5.75 Å². The van der Waals surface area contributed by atoms with Crippen molar-refractivity contribution in [2.24, 2.45) is 4.99 Å². The highest BCUT2D eigenvalue weighted by Crippen LogP contribution is 2.35. The fraction of sp³-hybridized carbons (Fsp3) is 0.480. The van der Waals surface area contributed by atoms with E-state index in [0.717, 1.165) is 76.2 Å². The Kier molecular flexibility index (Phi) is 7.15. The number of guanidine groups is 1. The molecule has 4 rings (SSSR count). The summed E-state index contributed by atoms with van der Waals surface area (Å²) in [6.45, 7) is 5.85. The highest BCUT2D eigenvalue weighted by molar-refractivity contribution is 5.80. The predicted molar refractivity (Wildman–Crippen MR) is 126 cm³/mol. The SMILES string of the molecule is CN=C(NCC1(c2ccc(OC)cc2)CCOCC1)N1CCN(c2ccc(F)cc2)CC1. The minimum atomic E-state index is -0.198. The molecule has 0 saturated carbocycles.